The maximum absolute atomic E-state index is 2.49. The van der Waals surface area contributed by atoms with E-state index in [1.807, 2.05) is 0 Å². The van der Waals surface area contributed by atoms with Gasteiger partial charge in [-0.2, -0.15) is 0 Å². The molecule has 0 aromatic carbocycles. The molecule has 1 aliphatic heterocycles. The van der Waals surface area contributed by atoms with Crippen molar-refractivity contribution in [2.45, 2.75) is 32.5 Å². The summed E-state index contributed by atoms with van der Waals surface area (Å²) in [7, 11) is 4.49. The first-order chi connectivity index (χ1) is 5.75. The molecular weight excluding hydrogens is 147 g/mol. The summed E-state index contributed by atoms with van der Waals surface area (Å²) >= 11 is 0. The normalized spacial score (nSPS) is 21.8. The summed E-state index contributed by atoms with van der Waals surface area (Å²) in [6, 6.07) is 0. The summed E-state index contributed by atoms with van der Waals surface area (Å²) in [5.74, 6) is 0. The predicted octanol–water partition coefficient (Wildman–Crippen LogP) is 1.54. The van der Waals surface area contributed by atoms with Crippen LogP contribution in [0.4, 0.5) is 0 Å². The topological polar surface area (TPSA) is 6.48 Å². The molecule has 0 unspecified atom stereocenters. The molecule has 1 aliphatic rings. The molecule has 3 heteroatoms. The molecular formula is C9H21BN2. The van der Waals surface area contributed by atoms with Gasteiger partial charge < -0.3 is 9.62 Å². The minimum atomic E-state index is 0.707. The lowest BCUT2D eigenvalue weighted by atomic mass is 9.65. The molecule has 0 aliphatic carbocycles. The maximum atomic E-state index is 2.49. The second-order valence-corrected chi connectivity index (χ2v) is 3.94. The number of unbranched alkanes of at least 4 members (excludes halogenated alkanes) is 1. The lowest BCUT2D eigenvalue weighted by Crippen LogP contribution is -2.54. The standard InChI is InChI=1S/C9H21BN2/c1-4-5-7-10-11(2)8-6-9-12(10)3/h4-9H2,1-3H3. The third kappa shape index (κ3) is 2.49. The SMILES string of the molecule is CCCCB1N(C)CCCN1C. The zero-order valence-corrected chi connectivity index (χ0v) is 8.71. The minimum Gasteiger partial charge on any atom is -0.331 e. The maximum Gasteiger partial charge on any atom is 0.310 e. The average Bonchev–Trinajstić information content (AvgIpc) is 2.04. The lowest BCUT2D eigenvalue weighted by Gasteiger charge is -2.37. The Morgan fingerprint density at radius 2 is 1.75 bits per heavy atom. The smallest absolute Gasteiger partial charge is 0.310 e. The minimum absolute atomic E-state index is 0.707. The van der Waals surface area contributed by atoms with Crippen molar-refractivity contribution in [1.29, 1.82) is 0 Å². The van der Waals surface area contributed by atoms with Gasteiger partial charge in [-0.1, -0.05) is 19.8 Å². The molecule has 0 bridgehead atoms. The Labute approximate surface area is 77.0 Å². The zero-order chi connectivity index (χ0) is 8.97. The van der Waals surface area contributed by atoms with E-state index < -0.39 is 0 Å². The van der Waals surface area contributed by atoms with Gasteiger partial charge in [0, 0.05) is 0 Å². The van der Waals surface area contributed by atoms with Gasteiger partial charge in [-0.3, -0.25) is 0 Å². The van der Waals surface area contributed by atoms with E-state index in [1.165, 1.54) is 38.7 Å². The van der Waals surface area contributed by atoms with Crippen molar-refractivity contribution >= 4 is 6.98 Å². The molecule has 1 rings (SSSR count). The first kappa shape index (κ1) is 10.1. The van der Waals surface area contributed by atoms with Crippen LogP contribution < -0.4 is 0 Å². The number of hydrogen-bond acceptors (Lipinski definition) is 2. The fourth-order valence-corrected chi connectivity index (χ4v) is 2.03. The molecule has 2 nitrogen and oxygen atoms in total. The second kappa shape index (κ2) is 4.88. The molecule has 0 spiro atoms. The summed E-state index contributed by atoms with van der Waals surface area (Å²) in [5.41, 5.74) is 0. The van der Waals surface area contributed by atoms with Gasteiger partial charge in [-0.05, 0) is 39.9 Å². The molecule has 1 saturated heterocycles. The van der Waals surface area contributed by atoms with Gasteiger partial charge in [-0.15, -0.1) is 0 Å². The van der Waals surface area contributed by atoms with Crippen LogP contribution in [0.25, 0.3) is 0 Å². The number of nitrogens with zero attached hydrogens (tertiary/aromatic N) is 2. The van der Waals surface area contributed by atoms with E-state index in [0.29, 0.717) is 6.98 Å². The van der Waals surface area contributed by atoms with Gasteiger partial charge in [0.05, 0.1) is 0 Å². The largest absolute Gasteiger partial charge is 0.331 e. The van der Waals surface area contributed by atoms with Crippen LogP contribution in [0.3, 0.4) is 0 Å². The third-order valence-corrected chi connectivity index (χ3v) is 2.86. The Hall–Kier alpha value is -0.0151. The highest BCUT2D eigenvalue weighted by molar-refractivity contribution is 6.52. The summed E-state index contributed by atoms with van der Waals surface area (Å²) in [6.07, 6.45) is 5.34. The van der Waals surface area contributed by atoms with Gasteiger partial charge in [0.2, 0.25) is 0 Å². The lowest BCUT2D eigenvalue weighted by molar-refractivity contribution is 0.340. The van der Waals surface area contributed by atoms with Gasteiger partial charge in [0.25, 0.3) is 0 Å². The van der Waals surface area contributed by atoms with Crippen LogP contribution in [0.15, 0.2) is 0 Å². The third-order valence-electron chi connectivity index (χ3n) is 2.86. The predicted molar refractivity (Wildman–Crippen MR) is 55.3 cm³/mol. The van der Waals surface area contributed by atoms with E-state index >= 15 is 0 Å². The van der Waals surface area contributed by atoms with Crippen molar-refractivity contribution < 1.29 is 0 Å². The van der Waals surface area contributed by atoms with E-state index in [1.54, 1.807) is 0 Å². The molecule has 0 atom stereocenters. The highest BCUT2D eigenvalue weighted by Gasteiger charge is 2.27. The first-order valence-corrected chi connectivity index (χ1v) is 5.16. The molecule has 12 heavy (non-hydrogen) atoms. The molecule has 0 amide bonds. The molecule has 0 aromatic heterocycles. The van der Waals surface area contributed by atoms with Crippen LogP contribution in [0, 0.1) is 0 Å². The average molecular weight is 168 g/mol. The number of rotatable bonds is 3. The molecule has 0 aromatic rings. The van der Waals surface area contributed by atoms with E-state index in [2.05, 4.69) is 30.6 Å². The van der Waals surface area contributed by atoms with Crippen LogP contribution in [0.2, 0.25) is 6.32 Å². The Bertz CT molecular complexity index is 120. The van der Waals surface area contributed by atoms with Crippen LogP contribution in [0.1, 0.15) is 26.2 Å². The van der Waals surface area contributed by atoms with Crippen molar-refractivity contribution in [2.75, 3.05) is 27.2 Å². The van der Waals surface area contributed by atoms with E-state index in [-0.39, 0.29) is 0 Å². The van der Waals surface area contributed by atoms with E-state index in [0.717, 1.165) is 0 Å². The number of hydrogen-bond donors (Lipinski definition) is 0. The highest BCUT2D eigenvalue weighted by Crippen LogP contribution is 2.12. The van der Waals surface area contributed by atoms with Gasteiger partial charge in [0.1, 0.15) is 0 Å². The van der Waals surface area contributed by atoms with Crippen LogP contribution in [0.5, 0.6) is 0 Å². The van der Waals surface area contributed by atoms with Crippen LogP contribution in [-0.2, 0) is 0 Å². The van der Waals surface area contributed by atoms with Crippen molar-refractivity contribution in [3.63, 3.8) is 0 Å². The summed E-state index contributed by atoms with van der Waals surface area (Å²) in [4.78, 5) is 4.97. The van der Waals surface area contributed by atoms with Crippen molar-refractivity contribution in [2.24, 2.45) is 0 Å². The van der Waals surface area contributed by atoms with Crippen LogP contribution >= 0.6 is 0 Å². The van der Waals surface area contributed by atoms with Crippen molar-refractivity contribution in [1.82, 2.24) is 9.62 Å². The van der Waals surface area contributed by atoms with E-state index in [9.17, 15) is 0 Å². The summed E-state index contributed by atoms with van der Waals surface area (Å²) < 4.78 is 0. The molecule has 1 fully saturated rings. The molecule has 70 valence electrons. The zero-order valence-electron chi connectivity index (χ0n) is 8.71. The molecule has 1 heterocycles. The molecule has 0 radical (unpaired) electrons. The Morgan fingerprint density at radius 3 is 2.25 bits per heavy atom. The van der Waals surface area contributed by atoms with Crippen molar-refractivity contribution in [3.8, 4) is 0 Å². The Morgan fingerprint density at radius 1 is 1.17 bits per heavy atom. The first-order valence-electron chi connectivity index (χ1n) is 5.16. The van der Waals surface area contributed by atoms with Crippen LogP contribution in [-0.4, -0.2) is 43.8 Å². The van der Waals surface area contributed by atoms with Gasteiger partial charge in [0.15, 0.2) is 0 Å². The quantitative estimate of drug-likeness (QED) is 0.590. The second-order valence-electron chi connectivity index (χ2n) is 3.94. The van der Waals surface area contributed by atoms with Gasteiger partial charge >= 0.3 is 6.98 Å². The highest BCUT2D eigenvalue weighted by atomic mass is 15.2. The van der Waals surface area contributed by atoms with Crippen molar-refractivity contribution in [3.05, 3.63) is 0 Å². The summed E-state index contributed by atoms with van der Waals surface area (Å²) in [6.45, 7) is 5.53. The monoisotopic (exact) mass is 168 g/mol. The fourth-order valence-electron chi connectivity index (χ4n) is 2.03. The molecule has 0 saturated carbocycles. The van der Waals surface area contributed by atoms with Gasteiger partial charge in [-0.25, -0.2) is 0 Å². The molecule has 0 N–H and O–H groups in total. The Balaban J connectivity index is 2.34. The summed E-state index contributed by atoms with van der Waals surface area (Å²) in [5, 5.41) is 0. The van der Waals surface area contributed by atoms with E-state index in [4.69, 9.17) is 0 Å². The Kier molecular flexibility index (Phi) is 4.09. The fraction of sp³-hybridized carbons (Fsp3) is 1.00.